The van der Waals surface area contributed by atoms with Gasteiger partial charge >= 0.3 is 0 Å². The largest absolute Gasteiger partial charge is 0.496 e. The van der Waals surface area contributed by atoms with Crippen LogP contribution in [-0.2, 0) is 13.1 Å². The van der Waals surface area contributed by atoms with Crippen molar-refractivity contribution in [3.8, 4) is 5.75 Å². The van der Waals surface area contributed by atoms with Gasteiger partial charge in [-0.3, -0.25) is 0 Å². The van der Waals surface area contributed by atoms with Gasteiger partial charge in [0.1, 0.15) is 5.75 Å². The van der Waals surface area contributed by atoms with E-state index in [2.05, 4.69) is 48.3 Å². The highest BCUT2D eigenvalue weighted by Crippen LogP contribution is 2.24. The van der Waals surface area contributed by atoms with Gasteiger partial charge in [0.15, 0.2) is 0 Å². The number of benzene rings is 1. The van der Waals surface area contributed by atoms with E-state index in [0.29, 0.717) is 0 Å². The molecular weight excluding hydrogens is 248 g/mol. The molecule has 0 saturated heterocycles. The predicted octanol–water partition coefficient (Wildman–Crippen LogP) is 3.76. The summed E-state index contributed by atoms with van der Waals surface area (Å²) >= 11 is 0. The quantitative estimate of drug-likeness (QED) is 0.830. The number of para-hydroxylation sites is 1. The van der Waals surface area contributed by atoms with E-state index >= 15 is 0 Å². The van der Waals surface area contributed by atoms with E-state index in [4.69, 9.17) is 4.74 Å². The van der Waals surface area contributed by atoms with Crippen LogP contribution < -0.4 is 10.1 Å². The van der Waals surface area contributed by atoms with Crippen molar-refractivity contribution in [1.82, 2.24) is 9.88 Å². The fourth-order valence-corrected chi connectivity index (χ4v) is 2.40. The van der Waals surface area contributed by atoms with Crippen LogP contribution in [0.15, 0.2) is 42.7 Å². The molecule has 2 aromatic rings. The Morgan fingerprint density at radius 2 is 2.05 bits per heavy atom. The van der Waals surface area contributed by atoms with E-state index in [-0.39, 0.29) is 6.04 Å². The average molecular weight is 272 g/mol. The monoisotopic (exact) mass is 272 g/mol. The Morgan fingerprint density at radius 1 is 1.25 bits per heavy atom. The first-order valence-corrected chi connectivity index (χ1v) is 7.25. The van der Waals surface area contributed by atoms with Crippen LogP contribution in [0, 0.1) is 0 Å². The van der Waals surface area contributed by atoms with Crippen molar-refractivity contribution >= 4 is 0 Å². The van der Waals surface area contributed by atoms with Crippen LogP contribution in [0.5, 0.6) is 5.75 Å². The molecule has 1 atom stereocenters. The number of methoxy groups -OCH3 is 1. The van der Waals surface area contributed by atoms with Gasteiger partial charge in [-0.15, -0.1) is 0 Å². The number of aromatic nitrogens is 1. The lowest BCUT2D eigenvalue weighted by molar-refractivity contribution is 0.401. The van der Waals surface area contributed by atoms with Crippen LogP contribution in [0.25, 0.3) is 0 Å². The van der Waals surface area contributed by atoms with Crippen molar-refractivity contribution in [2.45, 2.75) is 39.4 Å². The molecule has 0 spiro atoms. The summed E-state index contributed by atoms with van der Waals surface area (Å²) in [5, 5.41) is 3.55. The second-order valence-corrected chi connectivity index (χ2v) is 5.10. The average Bonchev–Trinajstić information content (AvgIpc) is 2.93. The molecule has 0 unspecified atom stereocenters. The van der Waals surface area contributed by atoms with Gasteiger partial charge in [0.05, 0.1) is 7.11 Å². The minimum Gasteiger partial charge on any atom is -0.496 e. The number of hydrogen-bond acceptors (Lipinski definition) is 2. The van der Waals surface area contributed by atoms with Gasteiger partial charge < -0.3 is 14.6 Å². The molecule has 108 valence electrons. The standard InChI is InChI=1S/C17H24N2O/c1-4-10-19-11-9-15(13-19)12-18-14(2)16-7-5-6-8-17(16)20-3/h5-9,11,13-14,18H,4,10,12H2,1-3H3/t14-/m0/s1. The summed E-state index contributed by atoms with van der Waals surface area (Å²) in [4.78, 5) is 0. The molecule has 20 heavy (non-hydrogen) atoms. The number of nitrogens with zero attached hydrogens (tertiary/aromatic N) is 1. The Bertz CT molecular complexity index is 533. The smallest absolute Gasteiger partial charge is 0.123 e. The van der Waals surface area contributed by atoms with Gasteiger partial charge in [-0.25, -0.2) is 0 Å². The molecule has 0 aliphatic rings. The molecule has 1 N–H and O–H groups in total. The SMILES string of the molecule is CCCn1ccc(CN[C@@H](C)c2ccccc2OC)c1. The summed E-state index contributed by atoms with van der Waals surface area (Å²) in [6, 6.07) is 10.6. The van der Waals surface area contributed by atoms with Gasteiger partial charge in [-0.2, -0.15) is 0 Å². The fourth-order valence-electron chi connectivity index (χ4n) is 2.40. The topological polar surface area (TPSA) is 26.2 Å². The maximum Gasteiger partial charge on any atom is 0.123 e. The van der Waals surface area contributed by atoms with Gasteiger partial charge in [0, 0.05) is 37.1 Å². The third-order valence-electron chi connectivity index (χ3n) is 3.51. The fraction of sp³-hybridized carbons (Fsp3) is 0.412. The minimum atomic E-state index is 0.265. The molecule has 0 aliphatic heterocycles. The highest BCUT2D eigenvalue weighted by atomic mass is 16.5. The van der Waals surface area contributed by atoms with E-state index in [1.165, 1.54) is 17.5 Å². The summed E-state index contributed by atoms with van der Waals surface area (Å²) < 4.78 is 7.65. The molecule has 1 aromatic heterocycles. The van der Waals surface area contributed by atoms with Crippen molar-refractivity contribution in [2.75, 3.05) is 7.11 Å². The normalized spacial score (nSPS) is 12.3. The minimum absolute atomic E-state index is 0.265. The maximum absolute atomic E-state index is 5.41. The van der Waals surface area contributed by atoms with Crippen molar-refractivity contribution in [3.63, 3.8) is 0 Å². The van der Waals surface area contributed by atoms with E-state index in [1.54, 1.807) is 7.11 Å². The molecule has 3 heteroatoms. The lowest BCUT2D eigenvalue weighted by Crippen LogP contribution is -2.18. The second-order valence-electron chi connectivity index (χ2n) is 5.10. The zero-order chi connectivity index (χ0) is 14.4. The summed E-state index contributed by atoms with van der Waals surface area (Å²) in [6.07, 6.45) is 5.53. The molecular formula is C17H24N2O. The van der Waals surface area contributed by atoms with Gasteiger partial charge in [-0.1, -0.05) is 25.1 Å². The zero-order valence-electron chi connectivity index (χ0n) is 12.6. The van der Waals surface area contributed by atoms with Gasteiger partial charge in [-0.05, 0) is 31.0 Å². The number of aryl methyl sites for hydroxylation is 1. The van der Waals surface area contributed by atoms with Crippen molar-refractivity contribution < 1.29 is 4.74 Å². The van der Waals surface area contributed by atoms with E-state index in [9.17, 15) is 0 Å². The van der Waals surface area contributed by atoms with E-state index < -0.39 is 0 Å². The Morgan fingerprint density at radius 3 is 2.80 bits per heavy atom. The van der Waals surface area contributed by atoms with E-state index in [1.807, 2.05) is 18.2 Å². The molecule has 0 aliphatic carbocycles. The summed E-state index contributed by atoms with van der Waals surface area (Å²) in [6.45, 7) is 6.32. The lowest BCUT2D eigenvalue weighted by atomic mass is 10.1. The summed E-state index contributed by atoms with van der Waals surface area (Å²) in [5.41, 5.74) is 2.52. The van der Waals surface area contributed by atoms with Crippen LogP contribution >= 0.6 is 0 Å². The summed E-state index contributed by atoms with van der Waals surface area (Å²) in [5.74, 6) is 0.941. The van der Waals surface area contributed by atoms with Crippen LogP contribution in [0.1, 0.15) is 37.4 Å². The van der Waals surface area contributed by atoms with Gasteiger partial charge in [0.2, 0.25) is 0 Å². The Kier molecular flexibility index (Phi) is 5.24. The molecule has 1 heterocycles. The Balaban J connectivity index is 1.95. The molecule has 0 bridgehead atoms. The number of nitrogens with one attached hydrogen (secondary N) is 1. The highest BCUT2D eigenvalue weighted by molar-refractivity contribution is 5.35. The summed E-state index contributed by atoms with van der Waals surface area (Å²) in [7, 11) is 1.72. The third kappa shape index (κ3) is 3.64. The highest BCUT2D eigenvalue weighted by Gasteiger charge is 2.10. The first-order chi connectivity index (χ1) is 9.74. The molecule has 0 radical (unpaired) electrons. The predicted molar refractivity (Wildman–Crippen MR) is 83.0 cm³/mol. The van der Waals surface area contributed by atoms with Gasteiger partial charge in [0.25, 0.3) is 0 Å². The van der Waals surface area contributed by atoms with Crippen molar-refractivity contribution in [1.29, 1.82) is 0 Å². The molecule has 0 saturated carbocycles. The Labute approximate surface area is 121 Å². The third-order valence-corrected chi connectivity index (χ3v) is 3.51. The van der Waals surface area contributed by atoms with Crippen LogP contribution in [0.2, 0.25) is 0 Å². The van der Waals surface area contributed by atoms with Crippen molar-refractivity contribution in [2.24, 2.45) is 0 Å². The van der Waals surface area contributed by atoms with Crippen LogP contribution in [-0.4, -0.2) is 11.7 Å². The molecule has 1 aromatic carbocycles. The zero-order valence-corrected chi connectivity index (χ0v) is 12.6. The molecule has 3 nitrogen and oxygen atoms in total. The lowest BCUT2D eigenvalue weighted by Gasteiger charge is -2.16. The van der Waals surface area contributed by atoms with Crippen LogP contribution in [0.3, 0.4) is 0 Å². The van der Waals surface area contributed by atoms with Crippen LogP contribution in [0.4, 0.5) is 0 Å². The maximum atomic E-state index is 5.41. The number of rotatable bonds is 7. The molecule has 0 fully saturated rings. The first kappa shape index (κ1) is 14.7. The number of ether oxygens (including phenoxy) is 1. The first-order valence-electron chi connectivity index (χ1n) is 7.25. The Hall–Kier alpha value is -1.74. The second kappa shape index (κ2) is 7.15. The molecule has 2 rings (SSSR count). The number of hydrogen-bond donors (Lipinski definition) is 1. The van der Waals surface area contributed by atoms with Crippen molar-refractivity contribution in [3.05, 3.63) is 53.9 Å². The van der Waals surface area contributed by atoms with E-state index in [0.717, 1.165) is 18.8 Å². The molecule has 0 amide bonds.